The van der Waals surface area contributed by atoms with Crippen LogP contribution in [0.2, 0.25) is 0 Å². The van der Waals surface area contributed by atoms with Gasteiger partial charge in [0.05, 0.1) is 30.6 Å². The summed E-state index contributed by atoms with van der Waals surface area (Å²) in [6.45, 7) is 2.35. The minimum Gasteiger partial charge on any atom is -0.377 e. The van der Waals surface area contributed by atoms with Gasteiger partial charge in [0.2, 0.25) is 0 Å². The zero-order valence-corrected chi connectivity index (χ0v) is 16.9. The van der Waals surface area contributed by atoms with Crippen molar-refractivity contribution in [3.05, 3.63) is 71.1 Å². The van der Waals surface area contributed by atoms with Crippen molar-refractivity contribution in [2.45, 2.75) is 37.6 Å². The molecule has 5 nitrogen and oxygen atoms in total. The Hall–Kier alpha value is -2.92. The SMILES string of the molecule is O=C(c1ccc2nc[nH]c2c1)N1CCC[C@@H]2c3cc(C4=CCOCC4)ccc3C[C@@H]21.[HH]. The molecule has 154 valence electrons. The Bertz CT molecular complexity index is 1170. The van der Waals surface area contributed by atoms with E-state index in [1.807, 2.05) is 18.2 Å². The van der Waals surface area contributed by atoms with Crippen LogP contribution in [0.1, 0.15) is 53.7 Å². The standard InChI is InChI=1S/C25H25N3O2.H2/c29-25(19-5-6-22-23(13-19)27-15-26-22)28-9-1-2-20-21-12-17(16-7-10-30-11-8-16)3-4-18(21)14-24(20)28;/h3-7,12-13,15,20,24H,1-2,8-11,14H2,(H,26,27);1H/t20-,24+;/m1./s1. The molecule has 1 saturated heterocycles. The number of hydrogen-bond acceptors (Lipinski definition) is 3. The third-order valence-electron chi connectivity index (χ3n) is 7.02. The molecule has 1 aromatic heterocycles. The minimum absolute atomic E-state index is 0. The van der Waals surface area contributed by atoms with Gasteiger partial charge < -0.3 is 14.6 Å². The van der Waals surface area contributed by atoms with Gasteiger partial charge in [-0.05, 0) is 66.1 Å². The van der Waals surface area contributed by atoms with E-state index in [-0.39, 0.29) is 13.4 Å². The number of amides is 1. The molecule has 0 spiro atoms. The van der Waals surface area contributed by atoms with Crippen molar-refractivity contribution < 1.29 is 11.0 Å². The summed E-state index contributed by atoms with van der Waals surface area (Å²) in [6.07, 6.45) is 8.04. The molecular weight excluding hydrogens is 374 g/mol. The van der Waals surface area contributed by atoms with E-state index in [9.17, 15) is 4.79 Å². The third kappa shape index (κ3) is 2.88. The van der Waals surface area contributed by atoms with Gasteiger partial charge in [0, 0.05) is 25.5 Å². The van der Waals surface area contributed by atoms with Gasteiger partial charge in [-0.15, -0.1) is 0 Å². The van der Waals surface area contributed by atoms with Gasteiger partial charge >= 0.3 is 0 Å². The van der Waals surface area contributed by atoms with Crippen molar-refractivity contribution in [3.8, 4) is 0 Å². The van der Waals surface area contributed by atoms with E-state index in [0.29, 0.717) is 12.5 Å². The van der Waals surface area contributed by atoms with Crippen LogP contribution in [0.4, 0.5) is 0 Å². The lowest BCUT2D eigenvalue weighted by molar-refractivity contribution is 0.0595. The molecule has 1 fully saturated rings. The molecule has 3 aliphatic rings. The summed E-state index contributed by atoms with van der Waals surface area (Å²) in [5.74, 6) is 0.579. The maximum atomic E-state index is 13.4. The fourth-order valence-corrected chi connectivity index (χ4v) is 5.50. The molecule has 0 radical (unpaired) electrons. The molecule has 5 heteroatoms. The number of carbonyl (C=O) groups excluding carboxylic acids is 1. The monoisotopic (exact) mass is 401 g/mol. The zero-order valence-electron chi connectivity index (χ0n) is 16.9. The number of rotatable bonds is 2. The highest BCUT2D eigenvalue weighted by molar-refractivity contribution is 5.97. The summed E-state index contributed by atoms with van der Waals surface area (Å²) in [6, 6.07) is 13.0. The smallest absolute Gasteiger partial charge is 0.254 e. The van der Waals surface area contributed by atoms with Gasteiger partial charge in [-0.3, -0.25) is 4.79 Å². The lowest BCUT2D eigenvalue weighted by Gasteiger charge is -2.38. The van der Waals surface area contributed by atoms with Crippen molar-refractivity contribution >= 4 is 22.5 Å². The topological polar surface area (TPSA) is 58.2 Å². The largest absolute Gasteiger partial charge is 0.377 e. The van der Waals surface area contributed by atoms with Crippen LogP contribution in [0.25, 0.3) is 16.6 Å². The molecule has 1 amide bonds. The first-order chi connectivity index (χ1) is 14.8. The number of ether oxygens (including phenoxy) is 1. The number of imidazole rings is 1. The number of hydrogen-bond donors (Lipinski definition) is 1. The molecular formula is C25H27N3O2. The van der Waals surface area contributed by atoms with Crippen molar-refractivity contribution in [1.29, 1.82) is 0 Å². The Morgan fingerprint density at radius 3 is 3.10 bits per heavy atom. The molecule has 6 rings (SSSR count). The van der Waals surface area contributed by atoms with E-state index in [4.69, 9.17) is 4.74 Å². The molecule has 1 aliphatic carbocycles. The van der Waals surface area contributed by atoms with Crippen LogP contribution in [-0.4, -0.2) is 46.6 Å². The first-order valence-electron chi connectivity index (χ1n) is 10.9. The van der Waals surface area contributed by atoms with E-state index in [0.717, 1.165) is 55.4 Å². The van der Waals surface area contributed by atoms with Crippen LogP contribution < -0.4 is 0 Å². The van der Waals surface area contributed by atoms with Gasteiger partial charge in [0.15, 0.2) is 0 Å². The summed E-state index contributed by atoms with van der Waals surface area (Å²) in [7, 11) is 0. The second-order valence-electron chi connectivity index (χ2n) is 8.62. The summed E-state index contributed by atoms with van der Waals surface area (Å²) < 4.78 is 5.48. The lowest BCUT2D eigenvalue weighted by atomic mass is 9.87. The minimum atomic E-state index is 0. The van der Waals surface area contributed by atoms with E-state index in [2.05, 4.69) is 39.1 Å². The number of benzene rings is 2. The predicted molar refractivity (Wildman–Crippen MR) is 119 cm³/mol. The number of H-pyrrole nitrogens is 1. The fraction of sp³-hybridized carbons (Fsp3) is 0.360. The number of aromatic amines is 1. The van der Waals surface area contributed by atoms with Crippen LogP contribution in [0, 0.1) is 0 Å². The summed E-state index contributed by atoms with van der Waals surface area (Å²) in [4.78, 5) is 23.0. The van der Waals surface area contributed by atoms with E-state index < -0.39 is 0 Å². The van der Waals surface area contributed by atoms with Crippen molar-refractivity contribution in [3.63, 3.8) is 0 Å². The average molecular weight is 402 g/mol. The maximum absolute atomic E-state index is 13.4. The Balaban J connectivity index is 0.00000204. The Morgan fingerprint density at radius 1 is 1.23 bits per heavy atom. The predicted octanol–water partition coefficient (Wildman–Crippen LogP) is 4.56. The highest BCUT2D eigenvalue weighted by Crippen LogP contribution is 2.43. The van der Waals surface area contributed by atoms with Crippen LogP contribution >= 0.6 is 0 Å². The molecule has 30 heavy (non-hydrogen) atoms. The van der Waals surface area contributed by atoms with Crippen LogP contribution in [0.5, 0.6) is 0 Å². The summed E-state index contributed by atoms with van der Waals surface area (Å²) in [5.41, 5.74) is 8.13. The molecule has 3 heterocycles. The molecule has 0 bridgehead atoms. The average Bonchev–Trinajstić information content (AvgIpc) is 3.42. The highest BCUT2D eigenvalue weighted by Gasteiger charge is 2.41. The van der Waals surface area contributed by atoms with Gasteiger partial charge in [0.1, 0.15) is 0 Å². The normalized spacial score (nSPS) is 23.2. The quantitative estimate of drug-likeness (QED) is 0.685. The van der Waals surface area contributed by atoms with E-state index in [1.165, 1.54) is 22.3 Å². The number of nitrogens with one attached hydrogen (secondary N) is 1. The Kier molecular flexibility index (Phi) is 4.23. The molecule has 3 aromatic rings. The molecule has 0 saturated carbocycles. The summed E-state index contributed by atoms with van der Waals surface area (Å²) >= 11 is 0. The number of piperidine rings is 1. The van der Waals surface area contributed by atoms with Crippen LogP contribution in [-0.2, 0) is 11.2 Å². The third-order valence-corrected chi connectivity index (χ3v) is 7.02. The first kappa shape index (κ1) is 17.9. The van der Waals surface area contributed by atoms with Crippen LogP contribution in [0.3, 0.4) is 0 Å². The van der Waals surface area contributed by atoms with Crippen molar-refractivity contribution in [2.75, 3.05) is 19.8 Å². The Labute approximate surface area is 177 Å². The first-order valence-corrected chi connectivity index (χ1v) is 10.9. The number of fused-ring (bicyclic) bond motifs is 4. The zero-order chi connectivity index (χ0) is 20.1. The van der Waals surface area contributed by atoms with Crippen molar-refractivity contribution in [2.24, 2.45) is 0 Å². The van der Waals surface area contributed by atoms with Crippen molar-refractivity contribution in [1.82, 2.24) is 14.9 Å². The van der Waals surface area contributed by atoms with Gasteiger partial charge in [0.25, 0.3) is 5.91 Å². The molecule has 2 aliphatic heterocycles. The van der Waals surface area contributed by atoms with E-state index in [1.54, 1.807) is 6.33 Å². The van der Waals surface area contributed by atoms with E-state index >= 15 is 0 Å². The molecule has 0 unspecified atom stereocenters. The van der Waals surface area contributed by atoms with Gasteiger partial charge in [-0.1, -0.05) is 24.3 Å². The highest BCUT2D eigenvalue weighted by atomic mass is 16.5. The van der Waals surface area contributed by atoms with Gasteiger partial charge in [-0.25, -0.2) is 4.98 Å². The fourth-order valence-electron chi connectivity index (χ4n) is 5.50. The molecule has 1 N–H and O–H groups in total. The number of aromatic nitrogens is 2. The summed E-state index contributed by atoms with van der Waals surface area (Å²) in [5, 5.41) is 0. The van der Waals surface area contributed by atoms with Gasteiger partial charge in [-0.2, -0.15) is 0 Å². The number of likely N-dealkylation sites (tertiary alicyclic amines) is 1. The number of nitrogens with zero attached hydrogens (tertiary/aromatic N) is 2. The Morgan fingerprint density at radius 2 is 2.20 bits per heavy atom. The van der Waals surface area contributed by atoms with Crippen LogP contribution in [0.15, 0.2) is 48.8 Å². The molecule has 2 aromatic carbocycles. The second kappa shape index (κ2) is 7.10. The number of carbonyl (C=O) groups is 1. The second-order valence-corrected chi connectivity index (χ2v) is 8.62. The molecule has 2 atom stereocenters. The maximum Gasteiger partial charge on any atom is 0.254 e. The lowest BCUT2D eigenvalue weighted by Crippen LogP contribution is -2.46.